The highest BCUT2D eigenvalue weighted by molar-refractivity contribution is 14.0. The van der Waals surface area contributed by atoms with Crippen LogP contribution in [0.1, 0.15) is 35.2 Å². The van der Waals surface area contributed by atoms with Gasteiger partial charge in [-0.15, -0.1) is 24.0 Å². The number of para-hydroxylation sites is 1. The fourth-order valence-electron chi connectivity index (χ4n) is 4.37. The van der Waals surface area contributed by atoms with Gasteiger partial charge in [-0.3, -0.25) is 9.79 Å². The van der Waals surface area contributed by atoms with Crippen LogP contribution in [0.15, 0.2) is 59.6 Å². The Balaban J connectivity index is 0.00000289. The second kappa shape index (κ2) is 12.1. The van der Waals surface area contributed by atoms with E-state index in [-0.39, 0.29) is 29.9 Å². The SMILES string of the molecule is CN=C(NCc1ccc(C(=O)N2CCCCC2)cc1)N1CCN(c2ccccc2)CC1.I. The summed E-state index contributed by atoms with van der Waals surface area (Å²) in [6.07, 6.45) is 3.47. The smallest absolute Gasteiger partial charge is 0.253 e. The third kappa shape index (κ3) is 6.15. The van der Waals surface area contributed by atoms with Crippen LogP contribution < -0.4 is 10.2 Å². The molecule has 0 aromatic heterocycles. The van der Waals surface area contributed by atoms with Crippen LogP contribution in [-0.2, 0) is 6.54 Å². The largest absolute Gasteiger partial charge is 0.368 e. The van der Waals surface area contributed by atoms with Crippen LogP contribution in [0.3, 0.4) is 0 Å². The molecule has 4 rings (SSSR count). The minimum absolute atomic E-state index is 0. The highest BCUT2D eigenvalue weighted by Gasteiger charge is 2.20. The first-order valence-electron chi connectivity index (χ1n) is 11.4. The molecule has 2 aromatic rings. The number of aliphatic imine (C=N–C) groups is 1. The molecule has 0 bridgehead atoms. The zero-order valence-corrected chi connectivity index (χ0v) is 21.2. The average Bonchev–Trinajstić information content (AvgIpc) is 2.86. The van der Waals surface area contributed by atoms with Gasteiger partial charge in [0.25, 0.3) is 5.91 Å². The number of nitrogens with zero attached hydrogens (tertiary/aromatic N) is 4. The maximum absolute atomic E-state index is 12.6. The molecule has 0 atom stereocenters. The van der Waals surface area contributed by atoms with Crippen LogP contribution in [0.4, 0.5) is 5.69 Å². The first-order chi connectivity index (χ1) is 15.2. The van der Waals surface area contributed by atoms with E-state index in [0.29, 0.717) is 6.54 Å². The second-order valence-corrected chi connectivity index (χ2v) is 8.26. The van der Waals surface area contributed by atoms with Gasteiger partial charge in [-0.05, 0) is 49.1 Å². The number of amides is 1. The minimum atomic E-state index is 0. The van der Waals surface area contributed by atoms with Crippen molar-refractivity contribution < 1.29 is 4.79 Å². The molecule has 2 aliphatic heterocycles. The number of hydrogen-bond acceptors (Lipinski definition) is 3. The molecule has 2 aromatic carbocycles. The van der Waals surface area contributed by atoms with E-state index in [9.17, 15) is 4.79 Å². The Kier molecular flexibility index (Phi) is 9.20. The number of piperazine rings is 1. The summed E-state index contributed by atoms with van der Waals surface area (Å²) in [4.78, 5) is 23.8. The summed E-state index contributed by atoms with van der Waals surface area (Å²) < 4.78 is 0. The monoisotopic (exact) mass is 547 g/mol. The lowest BCUT2D eigenvalue weighted by Crippen LogP contribution is -2.52. The molecule has 172 valence electrons. The minimum Gasteiger partial charge on any atom is -0.368 e. The fraction of sp³-hybridized carbons (Fsp3) is 0.440. The Bertz CT molecular complexity index is 873. The average molecular weight is 547 g/mol. The van der Waals surface area contributed by atoms with Crippen LogP contribution in [0.5, 0.6) is 0 Å². The molecule has 0 aliphatic carbocycles. The summed E-state index contributed by atoms with van der Waals surface area (Å²) >= 11 is 0. The summed E-state index contributed by atoms with van der Waals surface area (Å²) in [5.74, 6) is 1.09. The Hall–Kier alpha value is -2.29. The van der Waals surface area contributed by atoms with Gasteiger partial charge in [0, 0.05) is 64.1 Å². The highest BCUT2D eigenvalue weighted by atomic mass is 127. The lowest BCUT2D eigenvalue weighted by molar-refractivity contribution is 0.0724. The lowest BCUT2D eigenvalue weighted by atomic mass is 10.1. The summed E-state index contributed by atoms with van der Waals surface area (Å²) in [6.45, 7) is 6.32. The van der Waals surface area contributed by atoms with Gasteiger partial charge in [-0.1, -0.05) is 30.3 Å². The van der Waals surface area contributed by atoms with E-state index < -0.39 is 0 Å². The number of piperidine rings is 1. The highest BCUT2D eigenvalue weighted by Crippen LogP contribution is 2.16. The van der Waals surface area contributed by atoms with Gasteiger partial charge < -0.3 is 20.0 Å². The van der Waals surface area contributed by atoms with Crippen molar-refractivity contribution in [2.45, 2.75) is 25.8 Å². The van der Waals surface area contributed by atoms with Crippen LogP contribution in [-0.4, -0.2) is 68.0 Å². The number of guanidine groups is 1. The van der Waals surface area contributed by atoms with Crippen molar-refractivity contribution in [1.82, 2.24) is 15.1 Å². The number of rotatable bonds is 4. The van der Waals surface area contributed by atoms with Gasteiger partial charge in [0.1, 0.15) is 0 Å². The molecular formula is C25H34IN5O. The second-order valence-electron chi connectivity index (χ2n) is 8.26. The number of carbonyl (C=O) groups is 1. The Morgan fingerprint density at radius 3 is 2.12 bits per heavy atom. The van der Waals surface area contributed by atoms with Crippen molar-refractivity contribution in [3.63, 3.8) is 0 Å². The summed E-state index contributed by atoms with van der Waals surface area (Å²) in [5, 5.41) is 3.48. The molecule has 7 heteroatoms. The molecule has 0 spiro atoms. The maximum atomic E-state index is 12.6. The number of likely N-dealkylation sites (tertiary alicyclic amines) is 1. The molecule has 2 aliphatic rings. The summed E-state index contributed by atoms with van der Waals surface area (Å²) in [5.41, 5.74) is 3.22. The van der Waals surface area contributed by atoms with Gasteiger partial charge in [-0.25, -0.2) is 0 Å². The molecule has 1 N–H and O–H groups in total. The number of hydrogen-bond donors (Lipinski definition) is 1. The number of benzene rings is 2. The predicted molar refractivity (Wildman–Crippen MR) is 142 cm³/mol. The van der Waals surface area contributed by atoms with Gasteiger partial charge in [-0.2, -0.15) is 0 Å². The van der Waals surface area contributed by atoms with Gasteiger partial charge in [0.05, 0.1) is 0 Å². The van der Waals surface area contributed by atoms with E-state index in [1.54, 1.807) is 0 Å². The van der Waals surface area contributed by atoms with E-state index in [4.69, 9.17) is 0 Å². The first-order valence-corrected chi connectivity index (χ1v) is 11.4. The predicted octanol–water partition coefficient (Wildman–Crippen LogP) is 3.83. The number of nitrogens with one attached hydrogen (secondary N) is 1. The van der Waals surface area contributed by atoms with Crippen LogP contribution >= 0.6 is 24.0 Å². The van der Waals surface area contributed by atoms with Crippen molar-refractivity contribution in [1.29, 1.82) is 0 Å². The van der Waals surface area contributed by atoms with Crippen LogP contribution in [0.25, 0.3) is 0 Å². The fourth-order valence-corrected chi connectivity index (χ4v) is 4.37. The molecule has 32 heavy (non-hydrogen) atoms. The maximum Gasteiger partial charge on any atom is 0.253 e. The van der Waals surface area contributed by atoms with Crippen LogP contribution in [0, 0.1) is 0 Å². The first kappa shape index (κ1) is 24.4. The summed E-state index contributed by atoms with van der Waals surface area (Å²) in [7, 11) is 1.84. The van der Waals surface area contributed by atoms with Crippen molar-refractivity contribution in [3.05, 3.63) is 65.7 Å². The number of anilines is 1. The number of halogens is 1. The molecule has 0 unspecified atom stereocenters. The van der Waals surface area contributed by atoms with Crippen molar-refractivity contribution in [2.24, 2.45) is 4.99 Å². The van der Waals surface area contributed by atoms with E-state index >= 15 is 0 Å². The van der Waals surface area contributed by atoms with Gasteiger partial charge in [0.15, 0.2) is 5.96 Å². The molecule has 0 saturated carbocycles. The van der Waals surface area contributed by atoms with E-state index in [0.717, 1.165) is 69.2 Å². The summed E-state index contributed by atoms with van der Waals surface area (Å²) in [6, 6.07) is 18.6. The van der Waals surface area contributed by atoms with Crippen molar-refractivity contribution in [3.8, 4) is 0 Å². The van der Waals surface area contributed by atoms with Crippen LogP contribution in [0.2, 0.25) is 0 Å². The topological polar surface area (TPSA) is 51.2 Å². The van der Waals surface area contributed by atoms with E-state index in [1.165, 1.54) is 12.1 Å². The molecule has 0 radical (unpaired) electrons. The zero-order valence-electron chi connectivity index (χ0n) is 18.9. The third-order valence-electron chi connectivity index (χ3n) is 6.21. The molecule has 2 saturated heterocycles. The van der Waals surface area contributed by atoms with E-state index in [2.05, 4.69) is 50.4 Å². The molecule has 2 fully saturated rings. The van der Waals surface area contributed by atoms with Gasteiger partial charge >= 0.3 is 0 Å². The van der Waals surface area contributed by atoms with Gasteiger partial charge in [0.2, 0.25) is 0 Å². The van der Waals surface area contributed by atoms with E-state index in [1.807, 2.05) is 36.2 Å². The lowest BCUT2D eigenvalue weighted by Gasteiger charge is -2.37. The Morgan fingerprint density at radius 2 is 1.50 bits per heavy atom. The molecule has 2 heterocycles. The van der Waals surface area contributed by atoms with Crippen molar-refractivity contribution >= 4 is 41.5 Å². The number of carbonyl (C=O) groups excluding carboxylic acids is 1. The standard InChI is InChI=1S/C25H33N5O.HI/c1-26-25(30-18-16-28(17-19-30)23-8-4-2-5-9-23)27-20-21-10-12-22(13-11-21)24(31)29-14-6-3-7-15-29;/h2,4-5,8-13H,3,6-7,14-20H2,1H3,(H,26,27);1H. The molecule has 6 nitrogen and oxygen atoms in total. The molecular weight excluding hydrogens is 513 g/mol. The quantitative estimate of drug-likeness (QED) is 0.359. The third-order valence-corrected chi connectivity index (χ3v) is 6.21. The Labute approximate surface area is 208 Å². The zero-order chi connectivity index (χ0) is 21.5. The Morgan fingerprint density at radius 1 is 0.844 bits per heavy atom. The van der Waals surface area contributed by atoms with Crippen molar-refractivity contribution in [2.75, 3.05) is 51.2 Å². The normalized spacial score (nSPS) is 17.0. The molecule has 1 amide bonds.